The number of aryl methyl sites for hydroxylation is 2. The van der Waals surface area contributed by atoms with E-state index in [9.17, 15) is 0 Å². The summed E-state index contributed by atoms with van der Waals surface area (Å²) in [5.41, 5.74) is 4.50. The average molecular weight is 298 g/mol. The minimum atomic E-state index is 0. The van der Waals surface area contributed by atoms with Gasteiger partial charge in [0.25, 0.3) is 0 Å². The SMILES string of the molecule is CCCCCCCC(CCCC)c1ccc(C)cc1C.[NaH]. The number of hydrogen-bond donors (Lipinski definition) is 0. The molecule has 0 radical (unpaired) electrons. The van der Waals surface area contributed by atoms with Crippen LogP contribution in [-0.4, -0.2) is 29.6 Å². The molecule has 1 heteroatoms. The fourth-order valence-corrected chi connectivity index (χ4v) is 3.18. The summed E-state index contributed by atoms with van der Waals surface area (Å²) in [6.45, 7) is 9.08. The third-order valence-electron chi connectivity index (χ3n) is 4.43. The van der Waals surface area contributed by atoms with Gasteiger partial charge in [0.15, 0.2) is 0 Å². The molecule has 0 bridgehead atoms. The van der Waals surface area contributed by atoms with Crippen LogP contribution in [-0.2, 0) is 0 Å². The van der Waals surface area contributed by atoms with Gasteiger partial charge in [-0.3, -0.25) is 0 Å². The second-order valence-corrected chi connectivity index (χ2v) is 6.40. The van der Waals surface area contributed by atoms with E-state index in [1.807, 2.05) is 0 Å². The summed E-state index contributed by atoms with van der Waals surface area (Å²) in [5.74, 6) is 0.789. The van der Waals surface area contributed by atoms with Crippen LogP contribution < -0.4 is 0 Å². The first kappa shape index (κ1) is 21.2. The summed E-state index contributed by atoms with van der Waals surface area (Å²) >= 11 is 0. The molecule has 0 aliphatic rings. The van der Waals surface area contributed by atoms with Crippen molar-refractivity contribution in [3.63, 3.8) is 0 Å². The summed E-state index contributed by atoms with van der Waals surface area (Å²) in [7, 11) is 0. The molecule has 1 unspecified atom stereocenters. The van der Waals surface area contributed by atoms with Crippen LogP contribution in [0.3, 0.4) is 0 Å². The molecule has 0 saturated heterocycles. The number of rotatable bonds is 10. The summed E-state index contributed by atoms with van der Waals surface area (Å²) < 4.78 is 0. The van der Waals surface area contributed by atoms with Crippen molar-refractivity contribution in [2.75, 3.05) is 0 Å². The predicted molar refractivity (Wildman–Crippen MR) is 98.7 cm³/mol. The molecule has 0 aliphatic heterocycles. The molecule has 1 aromatic rings. The molecule has 0 aliphatic carbocycles. The summed E-state index contributed by atoms with van der Waals surface area (Å²) in [6, 6.07) is 7.03. The maximum absolute atomic E-state index is 2.39. The predicted octanol–water partition coefficient (Wildman–Crippen LogP) is 6.29. The zero-order valence-electron chi connectivity index (χ0n) is 14.2. The first-order chi connectivity index (χ1) is 9.69. The Bertz CT molecular complexity index is 370. The van der Waals surface area contributed by atoms with Crippen LogP contribution in [0.4, 0.5) is 0 Å². The van der Waals surface area contributed by atoms with Gasteiger partial charge in [0, 0.05) is 0 Å². The fraction of sp³-hybridized carbons (Fsp3) is 0.700. The van der Waals surface area contributed by atoms with Gasteiger partial charge in [0.05, 0.1) is 0 Å². The van der Waals surface area contributed by atoms with Crippen molar-refractivity contribution in [2.24, 2.45) is 0 Å². The van der Waals surface area contributed by atoms with Crippen LogP contribution in [0.1, 0.15) is 94.2 Å². The van der Waals surface area contributed by atoms with E-state index in [4.69, 9.17) is 0 Å². The monoisotopic (exact) mass is 298 g/mol. The molecule has 0 nitrogen and oxygen atoms in total. The van der Waals surface area contributed by atoms with Gasteiger partial charge in [-0.15, -0.1) is 0 Å². The molecule has 0 heterocycles. The molecule has 0 aromatic heterocycles. The Labute approximate surface area is 155 Å². The van der Waals surface area contributed by atoms with Crippen molar-refractivity contribution in [3.8, 4) is 0 Å². The zero-order valence-corrected chi connectivity index (χ0v) is 14.2. The first-order valence-corrected chi connectivity index (χ1v) is 8.76. The Kier molecular flexibility index (Phi) is 12.9. The second-order valence-electron chi connectivity index (χ2n) is 6.40. The molecule has 0 saturated carbocycles. The standard InChI is InChI=1S/C20H34.Na.H/c1-5-7-9-10-11-13-19(12-8-6-2)20-15-14-17(3)16-18(20)4;;/h14-16,19H,5-13H2,1-4H3;;. The molecule has 0 N–H and O–H groups in total. The molecule has 1 rings (SSSR count). The first-order valence-electron chi connectivity index (χ1n) is 8.76. The maximum atomic E-state index is 2.39. The van der Waals surface area contributed by atoms with E-state index in [1.54, 1.807) is 5.56 Å². The Hall–Kier alpha value is 0.220. The van der Waals surface area contributed by atoms with Crippen LogP contribution in [0, 0.1) is 13.8 Å². The van der Waals surface area contributed by atoms with Crippen LogP contribution >= 0.6 is 0 Å². The zero-order chi connectivity index (χ0) is 14.8. The van der Waals surface area contributed by atoms with E-state index in [-0.39, 0.29) is 29.6 Å². The number of benzene rings is 1. The van der Waals surface area contributed by atoms with Gasteiger partial charge < -0.3 is 0 Å². The van der Waals surface area contributed by atoms with Gasteiger partial charge in [-0.05, 0) is 43.7 Å². The van der Waals surface area contributed by atoms with Crippen molar-refractivity contribution in [3.05, 3.63) is 34.9 Å². The molecule has 0 amide bonds. The Morgan fingerprint density at radius 3 is 2.05 bits per heavy atom. The normalized spacial score (nSPS) is 12.0. The van der Waals surface area contributed by atoms with E-state index in [1.165, 1.54) is 68.9 Å². The van der Waals surface area contributed by atoms with Gasteiger partial charge in [-0.1, -0.05) is 82.6 Å². The Morgan fingerprint density at radius 1 is 0.810 bits per heavy atom. The van der Waals surface area contributed by atoms with Crippen molar-refractivity contribution in [1.29, 1.82) is 0 Å². The van der Waals surface area contributed by atoms with Gasteiger partial charge in [0.2, 0.25) is 0 Å². The molecule has 116 valence electrons. The molecule has 0 spiro atoms. The average Bonchev–Trinajstić information content (AvgIpc) is 2.43. The minimum absolute atomic E-state index is 0. The fourth-order valence-electron chi connectivity index (χ4n) is 3.18. The van der Waals surface area contributed by atoms with Crippen LogP contribution in [0.25, 0.3) is 0 Å². The Morgan fingerprint density at radius 2 is 1.43 bits per heavy atom. The molecular weight excluding hydrogens is 263 g/mol. The van der Waals surface area contributed by atoms with Crippen LogP contribution in [0.15, 0.2) is 18.2 Å². The third-order valence-corrected chi connectivity index (χ3v) is 4.43. The quantitative estimate of drug-likeness (QED) is 0.352. The van der Waals surface area contributed by atoms with E-state index in [0.29, 0.717) is 0 Å². The summed E-state index contributed by atoms with van der Waals surface area (Å²) in [4.78, 5) is 0. The topological polar surface area (TPSA) is 0 Å². The number of hydrogen-bond acceptors (Lipinski definition) is 0. The Balaban J connectivity index is 0.00000400. The molecule has 0 fully saturated rings. The van der Waals surface area contributed by atoms with E-state index < -0.39 is 0 Å². The van der Waals surface area contributed by atoms with Gasteiger partial charge in [0.1, 0.15) is 0 Å². The van der Waals surface area contributed by atoms with Gasteiger partial charge >= 0.3 is 29.6 Å². The molecule has 21 heavy (non-hydrogen) atoms. The summed E-state index contributed by atoms with van der Waals surface area (Å²) in [5, 5.41) is 0. The van der Waals surface area contributed by atoms with Gasteiger partial charge in [-0.25, -0.2) is 0 Å². The van der Waals surface area contributed by atoms with Crippen molar-refractivity contribution in [1.82, 2.24) is 0 Å². The second kappa shape index (κ2) is 12.7. The third kappa shape index (κ3) is 8.43. The van der Waals surface area contributed by atoms with E-state index in [0.717, 1.165) is 5.92 Å². The van der Waals surface area contributed by atoms with E-state index >= 15 is 0 Å². The van der Waals surface area contributed by atoms with Crippen LogP contribution in [0.5, 0.6) is 0 Å². The molecular formula is C20H35Na. The van der Waals surface area contributed by atoms with E-state index in [2.05, 4.69) is 45.9 Å². The van der Waals surface area contributed by atoms with Gasteiger partial charge in [-0.2, -0.15) is 0 Å². The molecule has 1 aromatic carbocycles. The van der Waals surface area contributed by atoms with Crippen LogP contribution in [0.2, 0.25) is 0 Å². The molecule has 1 atom stereocenters. The number of unbranched alkanes of at least 4 members (excludes halogenated alkanes) is 5. The summed E-state index contributed by atoms with van der Waals surface area (Å²) in [6.07, 6.45) is 12.4. The van der Waals surface area contributed by atoms with Crippen molar-refractivity contribution >= 4 is 29.6 Å². The van der Waals surface area contributed by atoms with Crippen molar-refractivity contribution in [2.45, 2.75) is 91.4 Å². The van der Waals surface area contributed by atoms with Crippen molar-refractivity contribution < 1.29 is 0 Å².